The van der Waals surface area contributed by atoms with Crippen molar-refractivity contribution in [2.75, 3.05) is 12.9 Å². The van der Waals surface area contributed by atoms with E-state index in [4.69, 9.17) is 4.74 Å². The molecule has 0 atom stereocenters. The molecule has 0 radical (unpaired) electrons. The molecule has 0 bridgehead atoms. The number of nitrogens with one attached hydrogen (secondary N) is 1. The molecule has 3 aromatic rings. The molecular weight excluding hydrogens is 388 g/mol. The van der Waals surface area contributed by atoms with E-state index in [0.717, 1.165) is 22.7 Å². The summed E-state index contributed by atoms with van der Waals surface area (Å²) in [5.41, 5.74) is 5.05. The monoisotopic (exact) mass is 410 g/mol. The van der Waals surface area contributed by atoms with E-state index in [0.29, 0.717) is 17.4 Å². The van der Waals surface area contributed by atoms with Gasteiger partial charge in [0.05, 0.1) is 18.6 Å². The molecule has 1 amide bonds. The van der Waals surface area contributed by atoms with E-state index in [1.54, 1.807) is 19.5 Å². The van der Waals surface area contributed by atoms with Crippen molar-refractivity contribution in [2.45, 2.75) is 25.5 Å². The number of pyridine rings is 1. The van der Waals surface area contributed by atoms with E-state index in [1.807, 2.05) is 54.8 Å². The predicted octanol–water partition coefficient (Wildman–Crippen LogP) is 3.00. The van der Waals surface area contributed by atoms with Crippen molar-refractivity contribution >= 4 is 23.4 Å². The van der Waals surface area contributed by atoms with Crippen molar-refractivity contribution in [1.82, 2.24) is 25.2 Å². The zero-order chi connectivity index (χ0) is 20.6. The molecule has 2 heterocycles. The number of benzene rings is 1. The first-order valence-corrected chi connectivity index (χ1v) is 10.0. The van der Waals surface area contributed by atoms with Gasteiger partial charge in [-0.05, 0) is 44.2 Å². The van der Waals surface area contributed by atoms with Crippen LogP contribution >= 0.6 is 11.8 Å². The molecule has 1 aromatic carbocycles. The van der Waals surface area contributed by atoms with E-state index in [1.165, 1.54) is 11.8 Å². The minimum atomic E-state index is -0.213. The minimum absolute atomic E-state index is 0.185. The standard InChI is InChI=1S/C20H22N6O2S/c1-4-26-19(15-7-9-17(28-3)10-8-15)24-25-20(26)29-13-18(27)23-22-14(2)16-6-5-11-21-12-16/h5-12H,4,13H2,1-3H3,(H,23,27)/b22-14-. The third kappa shape index (κ3) is 5.20. The second-order valence-corrected chi connectivity index (χ2v) is 6.98. The fourth-order valence-electron chi connectivity index (χ4n) is 2.58. The normalized spacial score (nSPS) is 11.3. The van der Waals surface area contributed by atoms with E-state index >= 15 is 0 Å². The van der Waals surface area contributed by atoms with Crippen molar-refractivity contribution in [3.63, 3.8) is 0 Å². The van der Waals surface area contributed by atoms with Gasteiger partial charge in [-0.25, -0.2) is 5.43 Å². The lowest BCUT2D eigenvalue weighted by molar-refractivity contribution is -0.118. The number of hydrogen-bond acceptors (Lipinski definition) is 7. The third-order valence-electron chi connectivity index (χ3n) is 4.14. The van der Waals surface area contributed by atoms with Gasteiger partial charge in [-0.15, -0.1) is 10.2 Å². The van der Waals surface area contributed by atoms with Gasteiger partial charge in [0, 0.05) is 30.1 Å². The van der Waals surface area contributed by atoms with Crippen molar-refractivity contribution in [3.05, 3.63) is 54.4 Å². The molecule has 0 unspecified atom stereocenters. The summed E-state index contributed by atoms with van der Waals surface area (Å²) in [5.74, 6) is 1.51. The highest BCUT2D eigenvalue weighted by atomic mass is 32.2. The Morgan fingerprint density at radius 1 is 1.24 bits per heavy atom. The molecule has 0 aliphatic carbocycles. The van der Waals surface area contributed by atoms with Gasteiger partial charge in [0.1, 0.15) is 5.75 Å². The Hall–Kier alpha value is -3.20. The van der Waals surface area contributed by atoms with Crippen molar-refractivity contribution in [1.29, 1.82) is 0 Å². The Balaban J connectivity index is 1.63. The largest absolute Gasteiger partial charge is 0.497 e. The van der Waals surface area contributed by atoms with Crippen LogP contribution in [0.15, 0.2) is 59.0 Å². The molecule has 8 nitrogen and oxygen atoms in total. The van der Waals surface area contributed by atoms with Crippen LogP contribution in [0.2, 0.25) is 0 Å². The summed E-state index contributed by atoms with van der Waals surface area (Å²) in [4.78, 5) is 16.2. The van der Waals surface area contributed by atoms with Crippen LogP contribution in [0.5, 0.6) is 5.75 Å². The summed E-state index contributed by atoms with van der Waals surface area (Å²) in [6.45, 7) is 4.53. The number of hydrazone groups is 1. The van der Waals surface area contributed by atoms with Crippen molar-refractivity contribution in [2.24, 2.45) is 5.10 Å². The number of amides is 1. The molecule has 1 N–H and O–H groups in total. The number of nitrogens with zero attached hydrogens (tertiary/aromatic N) is 5. The van der Waals surface area contributed by atoms with Gasteiger partial charge in [0.2, 0.25) is 0 Å². The SMILES string of the molecule is CCn1c(SCC(=O)N/N=C(/C)c2cccnc2)nnc1-c1ccc(OC)cc1. The molecule has 0 saturated carbocycles. The number of aromatic nitrogens is 4. The van der Waals surface area contributed by atoms with Gasteiger partial charge in [-0.3, -0.25) is 9.78 Å². The first kappa shape index (κ1) is 20.5. The molecule has 0 aliphatic rings. The van der Waals surface area contributed by atoms with Gasteiger partial charge >= 0.3 is 0 Å². The highest BCUT2D eigenvalue weighted by molar-refractivity contribution is 7.99. The topological polar surface area (TPSA) is 94.3 Å². The number of carbonyl (C=O) groups is 1. The van der Waals surface area contributed by atoms with Crippen LogP contribution in [-0.2, 0) is 11.3 Å². The minimum Gasteiger partial charge on any atom is -0.497 e. The smallest absolute Gasteiger partial charge is 0.250 e. The second-order valence-electron chi connectivity index (χ2n) is 6.04. The lowest BCUT2D eigenvalue weighted by atomic mass is 10.2. The summed E-state index contributed by atoms with van der Waals surface area (Å²) in [6, 6.07) is 11.3. The number of ether oxygens (including phenoxy) is 1. The molecule has 3 rings (SSSR count). The van der Waals surface area contributed by atoms with Crippen LogP contribution in [0.4, 0.5) is 0 Å². The van der Waals surface area contributed by atoms with Gasteiger partial charge in [0.25, 0.3) is 5.91 Å². The summed E-state index contributed by atoms with van der Waals surface area (Å²) in [7, 11) is 1.63. The maximum absolute atomic E-state index is 12.2. The zero-order valence-corrected chi connectivity index (χ0v) is 17.3. The van der Waals surface area contributed by atoms with Crippen LogP contribution in [-0.4, -0.2) is 44.2 Å². The molecule has 0 spiro atoms. The Kier molecular flexibility index (Phi) is 6.96. The average Bonchev–Trinajstić information content (AvgIpc) is 3.19. The molecule has 0 saturated heterocycles. The molecular formula is C20H22N6O2S. The van der Waals surface area contributed by atoms with Crippen LogP contribution in [0, 0.1) is 0 Å². The summed E-state index contributed by atoms with van der Waals surface area (Å²) < 4.78 is 7.17. The van der Waals surface area contributed by atoms with Crippen molar-refractivity contribution < 1.29 is 9.53 Å². The maximum Gasteiger partial charge on any atom is 0.250 e. The fraction of sp³-hybridized carbons (Fsp3) is 0.250. The van der Waals surface area contributed by atoms with Crippen molar-refractivity contribution in [3.8, 4) is 17.1 Å². The fourth-order valence-corrected chi connectivity index (χ4v) is 3.38. The molecule has 29 heavy (non-hydrogen) atoms. The predicted molar refractivity (Wildman–Crippen MR) is 113 cm³/mol. The Labute approximate surface area is 173 Å². The zero-order valence-electron chi connectivity index (χ0n) is 16.5. The van der Waals surface area contributed by atoms with Crippen LogP contribution in [0.3, 0.4) is 0 Å². The van der Waals surface area contributed by atoms with Gasteiger partial charge in [0.15, 0.2) is 11.0 Å². The van der Waals surface area contributed by atoms with Gasteiger partial charge < -0.3 is 9.30 Å². The average molecular weight is 411 g/mol. The van der Waals surface area contributed by atoms with Gasteiger partial charge in [-0.1, -0.05) is 17.8 Å². The molecule has 0 aliphatic heterocycles. The lowest BCUT2D eigenvalue weighted by Gasteiger charge is -2.08. The lowest BCUT2D eigenvalue weighted by Crippen LogP contribution is -2.21. The van der Waals surface area contributed by atoms with E-state index in [9.17, 15) is 4.79 Å². The van der Waals surface area contributed by atoms with E-state index in [-0.39, 0.29) is 11.7 Å². The molecule has 150 valence electrons. The maximum atomic E-state index is 12.2. The highest BCUT2D eigenvalue weighted by Gasteiger charge is 2.14. The van der Waals surface area contributed by atoms with Crippen LogP contribution in [0.1, 0.15) is 19.4 Å². The molecule has 0 fully saturated rings. The number of methoxy groups -OCH3 is 1. The van der Waals surface area contributed by atoms with E-state index < -0.39 is 0 Å². The van der Waals surface area contributed by atoms with E-state index in [2.05, 4.69) is 25.7 Å². The Morgan fingerprint density at radius 3 is 2.69 bits per heavy atom. The molecule has 2 aromatic heterocycles. The summed E-state index contributed by atoms with van der Waals surface area (Å²) in [6.07, 6.45) is 3.39. The second kappa shape index (κ2) is 9.83. The number of hydrogen-bond donors (Lipinski definition) is 1. The number of thioether (sulfide) groups is 1. The summed E-state index contributed by atoms with van der Waals surface area (Å²) >= 11 is 1.32. The Bertz CT molecular complexity index is 986. The first-order valence-electron chi connectivity index (χ1n) is 9.06. The van der Waals surface area contributed by atoms with Crippen LogP contribution in [0.25, 0.3) is 11.4 Å². The summed E-state index contributed by atoms with van der Waals surface area (Å²) in [5, 5.41) is 13.3. The number of rotatable bonds is 8. The van der Waals surface area contributed by atoms with Gasteiger partial charge in [-0.2, -0.15) is 5.10 Å². The van der Waals surface area contributed by atoms with Crippen LogP contribution < -0.4 is 10.2 Å². The molecule has 9 heteroatoms. The number of carbonyl (C=O) groups excluding carboxylic acids is 1. The highest BCUT2D eigenvalue weighted by Crippen LogP contribution is 2.25. The quantitative estimate of drug-likeness (QED) is 0.349. The first-order chi connectivity index (χ1) is 14.1. The third-order valence-corrected chi connectivity index (χ3v) is 5.11. The Morgan fingerprint density at radius 2 is 2.03 bits per heavy atom.